The van der Waals surface area contributed by atoms with Crippen LogP contribution in [0.25, 0.3) is 0 Å². The van der Waals surface area contributed by atoms with Crippen LogP contribution >= 0.6 is 11.8 Å². The first kappa shape index (κ1) is 16.3. The van der Waals surface area contributed by atoms with Gasteiger partial charge in [-0.1, -0.05) is 6.92 Å². The third-order valence-electron chi connectivity index (χ3n) is 4.12. The first-order valence-corrected chi connectivity index (χ1v) is 8.23. The molecule has 0 spiro atoms. The van der Waals surface area contributed by atoms with Crippen molar-refractivity contribution in [2.24, 2.45) is 0 Å². The SMILES string of the molecule is CCNC(CCN(C)C1CCSC1)C(C)(C)OC. The summed E-state index contributed by atoms with van der Waals surface area (Å²) in [6.07, 6.45) is 2.49. The van der Waals surface area contributed by atoms with Crippen LogP contribution in [0.3, 0.4) is 0 Å². The van der Waals surface area contributed by atoms with Crippen molar-refractivity contribution < 1.29 is 4.74 Å². The number of likely N-dealkylation sites (N-methyl/N-ethyl adjacent to an activating group) is 1. The van der Waals surface area contributed by atoms with Crippen molar-refractivity contribution in [3.8, 4) is 0 Å². The zero-order chi connectivity index (χ0) is 13.6. The molecule has 18 heavy (non-hydrogen) atoms. The Hall–Kier alpha value is 0.230. The Bertz CT molecular complexity index is 230. The lowest BCUT2D eigenvalue weighted by Gasteiger charge is -2.35. The molecule has 108 valence electrons. The molecule has 0 bridgehead atoms. The van der Waals surface area contributed by atoms with Gasteiger partial charge in [0.05, 0.1) is 5.60 Å². The van der Waals surface area contributed by atoms with Crippen molar-refractivity contribution in [1.29, 1.82) is 0 Å². The topological polar surface area (TPSA) is 24.5 Å². The fraction of sp³-hybridized carbons (Fsp3) is 1.00. The van der Waals surface area contributed by atoms with Crippen molar-refractivity contribution in [2.45, 2.75) is 51.3 Å². The van der Waals surface area contributed by atoms with Gasteiger partial charge in [-0.05, 0) is 52.6 Å². The number of rotatable bonds is 8. The zero-order valence-corrected chi connectivity index (χ0v) is 13.5. The summed E-state index contributed by atoms with van der Waals surface area (Å²) >= 11 is 2.08. The molecule has 1 heterocycles. The third kappa shape index (κ3) is 4.72. The van der Waals surface area contributed by atoms with Crippen LogP contribution in [0.5, 0.6) is 0 Å². The first-order chi connectivity index (χ1) is 8.51. The lowest BCUT2D eigenvalue weighted by Crippen LogP contribution is -2.50. The van der Waals surface area contributed by atoms with E-state index in [9.17, 15) is 0 Å². The molecule has 3 nitrogen and oxygen atoms in total. The molecule has 0 saturated carbocycles. The predicted octanol–water partition coefficient (Wildman–Crippen LogP) is 2.22. The highest BCUT2D eigenvalue weighted by molar-refractivity contribution is 7.99. The van der Waals surface area contributed by atoms with Gasteiger partial charge in [-0.25, -0.2) is 0 Å². The number of nitrogens with zero attached hydrogens (tertiary/aromatic N) is 1. The van der Waals surface area contributed by atoms with E-state index in [0.29, 0.717) is 6.04 Å². The second kappa shape index (κ2) is 7.73. The van der Waals surface area contributed by atoms with E-state index in [0.717, 1.165) is 25.6 Å². The molecule has 0 aromatic heterocycles. The van der Waals surface area contributed by atoms with Crippen LogP contribution in [0.4, 0.5) is 0 Å². The fourth-order valence-electron chi connectivity index (χ4n) is 2.47. The van der Waals surface area contributed by atoms with Crippen molar-refractivity contribution in [3.63, 3.8) is 0 Å². The van der Waals surface area contributed by atoms with Crippen LogP contribution in [0.1, 0.15) is 33.6 Å². The molecule has 1 rings (SSSR count). The Balaban J connectivity index is 2.41. The van der Waals surface area contributed by atoms with E-state index in [1.807, 2.05) is 7.11 Å². The zero-order valence-electron chi connectivity index (χ0n) is 12.7. The van der Waals surface area contributed by atoms with Crippen molar-refractivity contribution in [1.82, 2.24) is 10.2 Å². The van der Waals surface area contributed by atoms with Gasteiger partial charge >= 0.3 is 0 Å². The average Bonchev–Trinajstić information content (AvgIpc) is 2.87. The van der Waals surface area contributed by atoms with Crippen LogP contribution in [0, 0.1) is 0 Å². The molecule has 0 radical (unpaired) electrons. The maximum atomic E-state index is 5.63. The Labute approximate surface area is 117 Å². The first-order valence-electron chi connectivity index (χ1n) is 7.07. The highest BCUT2D eigenvalue weighted by atomic mass is 32.2. The van der Waals surface area contributed by atoms with Gasteiger partial charge in [-0.3, -0.25) is 0 Å². The summed E-state index contributed by atoms with van der Waals surface area (Å²) in [4.78, 5) is 2.52. The summed E-state index contributed by atoms with van der Waals surface area (Å²) in [5.41, 5.74) is -0.0960. The average molecular weight is 274 g/mol. The highest BCUT2D eigenvalue weighted by Crippen LogP contribution is 2.23. The number of hydrogen-bond donors (Lipinski definition) is 1. The van der Waals surface area contributed by atoms with Gasteiger partial charge in [-0.15, -0.1) is 0 Å². The monoisotopic (exact) mass is 274 g/mol. The van der Waals surface area contributed by atoms with Crippen molar-refractivity contribution >= 4 is 11.8 Å². The Morgan fingerprint density at radius 2 is 2.22 bits per heavy atom. The molecule has 1 aliphatic rings. The lowest BCUT2D eigenvalue weighted by atomic mass is 9.95. The van der Waals surface area contributed by atoms with Gasteiger partial charge in [0.2, 0.25) is 0 Å². The number of methoxy groups -OCH3 is 1. The minimum atomic E-state index is -0.0960. The molecule has 1 N–H and O–H groups in total. The minimum Gasteiger partial charge on any atom is -0.377 e. The summed E-state index contributed by atoms with van der Waals surface area (Å²) in [5.74, 6) is 2.63. The minimum absolute atomic E-state index is 0.0960. The van der Waals surface area contributed by atoms with E-state index < -0.39 is 0 Å². The molecule has 2 unspecified atom stereocenters. The molecule has 0 aromatic carbocycles. The summed E-state index contributed by atoms with van der Waals surface area (Å²) in [6.45, 7) is 8.66. The maximum Gasteiger partial charge on any atom is 0.0775 e. The molecule has 1 fully saturated rings. The van der Waals surface area contributed by atoms with Gasteiger partial charge < -0.3 is 15.0 Å². The summed E-state index contributed by atoms with van der Waals surface area (Å²) < 4.78 is 5.63. The maximum absolute atomic E-state index is 5.63. The van der Waals surface area contributed by atoms with Gasteiger partial charge in [0.25, 0.3) is 0 Å². The molecule has 1 aliphatic heterocycles. The third-order valence-corrected chi connectivity index (χ3v) is 5.26. The molecule has 0 amide bonds. The highest BCUT2D eigenvalue weighted by Gasteiger charge is 2.29. The number of ether oxygens (including phenoxy) is 1. The molecule has 0 aliphatic carbocycles. The van der Waals surface area contributed by atoms with Crippen LogP contribution < -0.4 is 5.32 Å². The fourth-order valence-corrected chi connectivity index (χ4v) is 3.77. The Kier molecular flexibility index (Phi) is 6.99. The normalized spacial score (nSPS) is 22.7. The summed E-state index contributed by atoms with van der Waals surface area (Å²) in [5, 5.41) is 3.56. The second-order valence-electron chi connectivity index (χ2n) is 5.70. The van der Waals surface area contributed by atoms with Gasteiger partial charge in [0.15, 0.2) is 0 Å². The Morgan fingerprint density at radius 3 is 2.72 bits per heavy atom. The van der Waals surface area contributed by atoms with Crippen LogP contribution in [0.2, 0.25) is 0 Å². The second-order valence-corrected chi connectivity index (χ2v) is 6.85. The van der Waals surface area contributed by atoms with E-state index in [1.54, 1.807) is 0 Å². The molecule has 0 aromatic rings. The lowest BCUT2D eigenvalue weighted by molar-refractivity contribution is -0.0145. The standard InChI is InChI=1S/C14H30N2OS/c1-6-15-13(14(2,3)17-5)7-9-16(4)12-8-10-18-11-12/h12-13,15H,6-11H2,1-5H3. The van der Waals surface area contributed by atoms with E-state index in [-0.39, 0.29) is 5.60 Å². The number of hydrogen-bond acceptors (Lipinski definition) is 4. The largest absolute Gasteiger partial charge is 0.377 e. The predicted molar refractivity (Wildman–Crippen MR) is 81.5 cm³/mol. The van der Waals surface area contributed by atoms with E-state index in [4.69, 9.17) is 4.74 Å². The molecular weight excluding hydrogens is 244 g/mol. The molecule has 1 saturated heterocycles. The summed E-state index contributed by atoms with van der Waals surface area (Å²) in [6, 6.07) is 1.20. The van der Waals surface area contributed by atoms with Gasteiger partial charge in [0.1, 0.15) is 0 Å². The number of thioether (sulfide) groups is 1. The van der Waals surface area contributed by atoms with E-state index in [2.05, 4.69) is 49.8 Å². The van der Waals surface area contributed by atoms with Crippen molar-refractivity contribution in [3.05, 3.63) is 0 Å². The van der Waals surface area contributed by atoms with Crippen molar-refractivity contribution in [2.75, 3.05) is 38.8 Å². The van der Waals surface area contributed by atoms with E-state index >= 15 is 0 Å². The Morgan fingerprint density at radius 1 is 1.50 bits per heavy atom. The van der Waals surface area contributed by atoms with Gasteiger partial charge in [0, 0.05) is 24.9 Å². The van der Waals surface area contributed by atoms with Crippen LogP contribution in [-0.4, -0.2) is 61.3 Å². The summed E-state index contributed by atoms with van der Waals surface area (Å²) in [7, 11) is 4.07. The van der Waals surface area contributed by atoms with Crippen LogP contribution in [0.15, 0.2) is 0 Å². The quantitative estimate of drug-likeness (QED) is 0.733. The number of nitrogens with one attached hydrogen (secondary N) is 1. The smallest absolute Gasteiger partial charge is 0.0775 e. The van der Waals surface area contributed by atoms with E-state index in [1.165, 1.54) is 17.9 Å². The molecule has 2 atom stereocenters. The van der Waals surface area contributed by atoms with Crippen LogP contribution in [-0.2, 0) is 4.74 Å². The molecular formula is C14H30N2OS. The molecule has 4 heteroatoms. The van der Waals surface area contributed by atoms with Gasteiger partial charge in [-0.2, -0.15) is 11.8 Å².